The normalized spacial score (nSPS) is 11.1. The Bertz CT molecular complexity index is 898. The van der Waals surface area contributed by atoms with E-state index in [1.165, 1.54) is 6.20 Å². The highest BCUT2D eigenvalue weighted by Crippen LogP contribution is 2.24. The number of benzene rings is 1. The lowest BCUT2D eigenvalue weighted by molar-refractivity contribution is 0.102. The Morgan fingerprint density at radius 2 is 2.16 bits per heavy atom. The minimum Gasteiger partial charge on any atom is -0.322 e. The van der Waals surface area contributed by atoms with Gasteiger partial charge < -0.3 is 10.2 Å². The molecule has 2 aromatic heterocycles. The second-order valence-electron chi connectivity index (χ2n) is 6.03. The van der Waals surface area contributed by atoms with Gasteiger partial charge in [-0.1, -0.05) is 17.7 Å². The number of hydrogen-bond acceptors (Lipinski definition) is 4. The molecule has 1 amide bonds. The first-order valence-electron chi connectivity index (χ1n) is 7.72. The fourth-order valence-corrected chi connectivity index (χ4v) is 2.73. The Kier molecular flexibility index (Phi) is 4.87. The number of halogens is 1. The van der Waals surface area contributed by atoms with Crippen LogP contribution in [0.15, 0.2) is 36.7 Å². The van der Waals surface area contributed by atoms with E-state index in [1.807, 2.05) is 44.2 Å². The van der Waals surface area contributed by atoms with Crippen LogP contribution in [0.25, 0.3) is 11.4 Å². The molecule has 3 aromatic rings. The third-order valence-electron chi connectivity index (χ3n) is 3.65. The zero-order valence-electron chi connectivity index (χ0n) is 14.2. The van der Waals surface area contributed by atoms with Crippen molar-refractivity contribution in [2.75, 3.05) is 19.4 Å². The average molecular weight is 359 g/mol. The van der Waals surface area contributed by atoms with Gasteiger partial charge in [-0.2, -0.15) is 10.2 Å². The van der Waals surface area contributed by atoms with Crippen LogP contribution in [0.5, 0.6) is 0 Å². The Balaban J connectivity index is 1.79. The zero-order chi connectivity index (χ0) is 18.0. The summed E-state index contributed by atoms with van der Waals surface area (Å²) in [6.45, 7) is 0.735. The van der Waals surface area contributed by atoms with Gasteiger partial charge in [-0.25, -0.2) is 0 Å². The molecule has 0 saturated carbocycles. The maximum absolute atomic E-state index is 12.6. The van der Waals surface area contributed by atoms with Gasteiger partial charge in [-0.05, 0) is 37.9 Å². The van der Waals surface area contributed by atoms with Crippen molar-refractivity contribution in [1.29, 1.82) is 0 Å². The molecule has 0 atom stereocenters. The Hall–Kier alpha value is -2.64. The highest BCUT2D eigenvalue weighted by Gasteiger charge is 2.17. The molecule has 0 aliphatic heterocycles. The Morgan fingerprint density at radius 1 is 1.36 bits per heavy atom. The summed E-state index contributed by atoms with van der Waals surface area (Å²) in [7, 11) is 5.77. The van der Waals surface area contributed by atoms with Gasteiger partial charge in [-0.15, -0.1) is 0 Å². The van der Waals surface area contributed by atoms with Crippen LogP contribution in [0.2, 0.25) is 5.02 Å². The van der Waals surface area contributed by atoms with E-state index in [0.717, 1.165) is 12.1 Å². The smallest absolute Gasteiger partial charge is 0.259 e. The van der Waals surface area contributed by atoms with E-state index < -0.39 is 0 Å². The standard InChI is InChI=1S/C17H19ClN6O/c1-23(2)10-11-4-5-12(8-14(11)18)20-17(25)13-9-19-21-16(13)15-6-7-24(3)22-15/h4-9H,10H2,1-3H3,(H,19,21)(H,20,25). The molecule has 0 bridgehead atoms. The molecule has 0 fully saturated rings. The molecule has 0 aliphatic carbocycles. The van der Waals surface area contributed by atoms with Crippen molar-refractivity contribution in [2.24, 2.45) is 7.05 Å². The summed E-state index contributed by atoms with van der Waals surface area (Å²) >= 11 is 6.30. The Morgan fingerprint density at radius 3 is 2.80 bits per heavy atom. The van der Waals surface area contributed by atoms with E-state index in [2.05, 4.69) is 20.6 Å². The van der Waals surface area contributed by atoms with Crippen molar-refractivity contribution in [3.63, 3.8) is 0 Å². The second kappa shape index (κ2) is 7.08. The van der Waals surface area contributed by atoms with Crippen LogP contribution in [0.3, 0.4) is 0 Å². The van der Waals surface area contributed by atoms with Gasteiger partial charge in [0.15, 0.2) is 0 Å². The number of anilines is 1. The van der Waals surface area contributed by atoms with Gasteiger partial charge in [0.2, 0.25) is 0 Å². The molecule has 2 heterocycles. The van der Waals surface area contributed by atoms with Gasteiger partial charge in [0.1, 0.15) is 5.69 Å². The van der Waals surface area contributed by atoms with Crippen LogP contribution < -0.4 is 5.32 Å². The maximum Gasteiger partial charge on any atom is 0.259 e. The van der Waals surface area contributed by atoms with E-state index in [0.29, 0.717) is 27.7 Å². The molecule has 0 radical (unpaired) electrons. The first kappa shape index (κ1) is 17.2. The molecule has 1 aromatic carbocycles. The monoisotopic (exact) mass is 358 g/mol. The summed E-state index contributed by atoms with van der Waals surface area (Å²) < 4.78 is 1.67. The first-order chi connectivity index (χ1) is 11.9. The summed E-state index contributed by atoms with van der Waals surface area (Å²) in [5.74, 6) is -0.272. The van der Waals surface area contributed by atoms with Crippen molar-refractivity contribution in [1.82, 2.24) is 24.9 Å². The molecule has 0 unspecified atom stereocenters. The van der Waals surface area contributed by atoms with Gasteiger partial charge in [0.25, 0.3) is 5.91 Å². The highest BCUT2D eigenvalue weighted by atomic mass is 35.5. The molecule has 0 saturated heterocycles. The van der Waals surface area contributed by atoms with Crippen LogP contribution >= 0.6 is 11.6 Å². The van der Waals surface area contributed by atoms with Crippen molar-refractivity contribution >= 4 is 23.2 Å². The topological polar surface area (TPSA) is 78.8 Å². The lowest BCUT2D eigenvalue weighted by Crippen LogP contribution is -2.13. The lowest BCUT2D eigenvalue weighted by atomic mass is 10.1. The number of aryl methyl sites for hydroxylation is 1. The predicted octanol–water partition coefficient (Wildman–Crippen LogP) is 2.78. The van der Waals surface area contributed by atoms with Crippen molar-refractivity contribution in [2.45, 2.75) is 6.54 Å². The van der Waals surface area contributed by atoms with Crippen LogP contribution in [0.1, 0.15) is 15.9 Å². The SMILES string of the molecule is CN(C)Cc1ccc(NC(=O)c2cn[nH]c2-c2ccn(C)n2)cc1Cl. The average Bonchev–Trinajstić information content (AvgIpc) is 3.18. The van der Waals surface area contributed by atoms with Gasteiger partial charge in [0, 0.05) is 30.5 Å². The fraction of sp³-hybridized carbons (Fsp3) is 0.235. The molecule has 8 heteroatoms. The molecule has 2 N–H and O–H groups in total. The number of amides is 1. The molecule has 25 heavy (non-hydrogen) atoms. The molecule has 130 valence electrons. The summed E-state index contributed by atoms with van der Waals surface area (Å²) in [5, 5.41) is 14.6. The third-order valence-corrected chi connectivity index (χ3v) is 4.00. The van der Waals surface area contributed by atoms with Crippen LogP contribution in [0, 0.1) is 0 Å². The summed E-state index contributed by atoms with van der Waals surface area (Å²) in [5.41, 5.74) is 3.29. The number of aromatic nitrogens is 4. The number of aromatic amines is 1. The van der Waals surface area contributed by atoms with Crippen molar-refractivity contribution in [3.05, 3.63) is 52.8 Å². The first-order valence-corrected chi connectivity index (χ1v) is 8.09. The third kappa shape index (κ3) is 3.89. The van der Waals surface area contributed by atoms with E-state index in [4.69, 9.17) is 11.6 Å². The second-order valence-corrected chi connectivity index (χ2v) is 6.44. The van der Waals surface area contributed by atoms with Crippen molar-refractivity contribution < 1.29 is 4.79 Å². The van der Waals surface area contributed by atoms with Gasteiger partial charge in [0.05, 0.1) is 17.5 Å². The Labute approximate surface area is 150 Å². The molecule has 0 aliphatic rings. The number of H-pyrrole nitrogens is 1. The van der Waals surface area contributed by atoms with Gasteiger partial charge in [-0.3, -0.25) is 14.6 Å². The minimum atomic E-state index is -0.272. The number of carbonyl (C=O) groups is 1. The summed E-state index contributed by atoms with van der Waals surface area (Å²) in [6.07, 6.45) is 3.29. The van der Waals surface area contributed by atoms with E-state index in [-0.39, 0.29) is 5.91 Å². The molecule has 3 rings (SSSR count). The van der Waals surface area contributed by atoms with Crippen LogP contribution in [0.4, 0.5) is 5.69 Å². The van der Waals surface area contributed by atoms with E-state index in [9.17, 15) is 4.79 Å². The minimum absolute atomic E-state index is 0.272. The molecule has 7 nitrogen and oxygen atoms in total. The fourth-order valence-electron chi connectivity index (χ4n) is 2.49. The van der Waals surface area contributed by atoms with Crippen molar-refractivity contribution in [3.8, 4) is 11.4 Å². The van der Waals surface area contributed by atoms with E-state index in [1.54, 1.807) is 16.9 Å². The quantitative estimate of drug-likeness (QED) is 0.735. The molecular weight excluding hydrogens is 340 g/mol. The van der Waals surface area contributed by atoms with Crippen LogP contribution in [-0.4, -0.2) is 44.9 Å². The van der Waals surface area contributed by atoms with E-state index >= 15 is 0 Å². The highest BCUT2D eigenvalue weighted by molar-refractivity contribution is 6.31. The number of nitrogens with one attached hydrogen (secondary N) is 2. The van der Waals surface area contributed by atoms with Crippen LogP contribution in [-0.2, 0) is 13.6 Å². The molecular formula is C17H19ClN6O. The number of carbonyl (C=O) groups excluding carboxylic acids is 1. The number of rotatable bonds is 5. The summed E-state index contributed by atoms with van der Waals surface area (Å²) in [6, 6.07) is 7.31. The zero-order valence-corrected chi connectivity index (χ0v) is 15.0. The predicted molar refractivity (Wildman–Crippen MR) is 97.6 cm³/mol. The maximum atomic E-state index is 12.6. The molecule has 0 spiro atoms. The number of nitrogens with zero attached hydrogens (tertiary/aromatic N) is 4. The largest absolute Gasteiger partial charge is 0.322 e. The summed E-state index contributed by atoms with van der Waals surface area (Å²) in [4.78, 5) is 14.6. The van der Waals surface area contributed by atoms with Gasteiger partial charge >= 0.3 is 0 Å². The lowest BCUT2D eigenvalue weighted by Gasteiger charge is -2.12. The number of hydrogen-bond donors (Lipinski definition) is 2.